The highest BCUT2D eigenvalue weighted by Gasteiger charge is 2.23. The molecule has 2 aromatic rings. The van der Waals surface area contributed by atoms with Crippen LogP contribution in [0.25, 0.3) is 0 Å². The molecule has 126 valence electrons. The second kappa shape index (κ2) is 6.91. The maximum Gasteiger partial charge on any atom is 0.253 e. The maximum absolute atomic E-state index is 13.0. The minimum absolute atomic E-state index is 0.0501. The first-order valence-corrected chi connectivity index (χ1v) is 8.03. The molecule has 4 nitrogen and oxygen atoms in total. The number of anilines is 1. The number of aryl methyl sites for hydroxylation is 1. The van der Waals surface area contributed by atoms with Gasteiger partial charge in [0.25, 0.3) is 5.91 Å². The second-order valence-corrected chi connectivity index (χ2v) is 5.96. The van der Waals surface area contributed by atoms with Gasteiger partial charge in [-0.25, -0.2) is 4.39 Å². The molecule has 1 aliphatic heterocycles. The molecule has 0 aromatic heterocycles. The van der Waals surface area contributed by atoms with E-state index in [2.05, 4.69) is 17.9 Å². The topological polar surface area (TPSA) is 32.8 Å². The molecule has 3 rings (SSSR count). The Balaban J connectivity index is 1.69. The third-order valence-corrected chi connectivity index (χ3v) is 4.33. The number of nitrogens with zero attached hydrogens (tertiary/aromatic N) is 2. The molecule has 0 spiro atoms. The summed E-state index contributed by atoms with van der Waals surface area (Å²) < 4.78 is 18.4. The Morgan fingerprint density at radius 1 is 1.04 bits per heavy atom. The number of halogens is 1. The van der Waals surface area contributed by atoms with Gasteiger partial charge in [0.1, 0.15) is 11.6 Å². The summed E-state index contributed by atoms with van der Waals surface area (Å²) in [5.74, 6) is 0.465. The number of methoxy groups -OCH3 is 1. The van der Waals surface area contributed by atoms with Crippen LogP contribution in [-0.4, -0.2) is 44.1 Å². The molecular weight excluding hydrogens is 307 g/mol. The van der Waals surface area contributed by atoms with E-state index < -0.39 is 0 Å². The van der Waals surface area contributed by atoms with Crippen LogP contribution in [-0.2, 0) is 0 Å². The van der Waals surface area contributed by atoms with Crippen LogP contribution in [0, 0.1) is 12.7 Å². The van der Waals surface area contributed by atoms with Crippen molar-refractivity contribution in [3.8, 4) is 5.75 Å². The zero-order valence-electron chi connectivity index (χ0n) is 14.0. The van der Waals surface area contributed by atoms with Gasteiger partial charge in [0, 0.05) is 31.7 Å². The summed E-state index contributed by atoms with van der Waals surface area (Å²) in [6, 6.07) is 11.8. The minimum Gasteiger partial charge on any atom is -0.495 e. The molecule has 1 saturated heterocycles. The van der Waals surface area contributed by atoms with Gasteiger partial charge < -0.3 is 14.5 Å². The van der Waals surface area contributed by atoms with Gasteiger partial charge in [0.05, 0.1) is 12.8 Å². The molecule has 5 heteroatoms. The molecular formula is C19H21FN2O2. The molecule has 0 unspecified atom stereocenters. The van der Waals surface area contributed by atoms with Crippen LogP contribution in [0.15, 0.2) is 42.5 Å². The van der Waals surface area contributed by atoms with Gasteiger partial charge in [0.2, 0.25) is 0 Å². The molecule has 24 heavy (non-hydrogen) atoms. The summed E-state index contributed by atoms with van der Waals surface area (Å²) in [6.07, 6.45) is 0. The zero-order chi connectivity index (χ0) is 17.1. The Morgan fingerprint density at radius 3 is 2.33 bits per heavy atom. The Labute approximate surface area is 141 Å². The smallest absolute Gasteiger partial charge is 0.253 e. The minimum atomic E-state index is -0.331. The van der Waals surface area contributed by atoms with Gasteiger partial charge in [-0.1, -0.05) is 6.07 Å². The van der Waals surface area contributed by atoms with Crippen LogP contribution in [0.2, 0.25) is 0 Å². The second-order valence-electron chi connectivity index (χ2n) is 5.96. The maximum atomic E-state index is 13.0. The summed E-state index contributed by atoms with van der Waals surface area (Å²) in [4.78, 5) is 16.5. The van der Waals surface area contributed by atoms with Gasteiger partial charge in [-0.3, -0.25) is 4.79 Å². The van der Waals surface area contributed by atoms with Crippen LogP contribution in [0.5, 0.6) is 5.75 Å². The van der Waals surface area contributed by atoms with E-state index in [0.717, 1.165) is 24.5 Å². The monoisotopic (exact) mass is 328 g/mol. The van der Waals surface area contributed by atoms with E-state index in [4.69, 9.17) is 4.74 Å². The number of hydrogen-bond donors (Lipinski definition) is 0. The lowest BCUT2D eigenvalue weighted by Gasteiger charge is -2.36. The molecule has 1 fully saturated rings. The highest BCUT2D eigenvalue weighted by Crippen LogP contribution is 2.30. The van der Waals surface area contributed by atoms with Crippen molar-refractivity contribution in [2.24, 2.45) is 0 Å². The lowest BCUT2D eigenvalue weighted by molar-refractivity contribution is 0.0746. The quantitative estimate of drug-likeness (QED) is 0.868. The molecule has 1 heterocycles. The first kappa shape index (κ1) is 16.3. The van der Waals surface area contributed by atoms with Gasteiger partial charge in [-0.2, -0.15) is 0 Å². The number of piperazine rings is 1. The van der Waals surface area contributed by atoms with E-state index in [1.165, 1.54) is 29.8 Å². The van der Waals surface area contributed by atoms with Gasteiger partial charge in [-0.15, -0.1) is 0 Å². The van der Waals surface area contributed by atoms with E-state index in [1.54, 1.807) is 7.11 Å². The van der Waals surface area contributed by atoms with Gasteiger partial charge >= 0.3 is 0 Å². The van der Waals surface area contributed by atoms with Crippen molar-refractivity contribution in [3.63, 3.8) is 0 Å². The Bertz CT molecular complexity index is 723. The predicted octanol–water partition coefficient (Wildman–Crippen LogP) is 3.11. The van der Waals surface area contributed by atoms with Crippen molar-refractivity contribution in [2.45, 2.75) is 6.92 Å². The SMILES string of the molecule is COc1ccc(C)cc1N1CCN(C(=O)c2ccc(F)cc2)CC1. The summed E-state index contributed by atoms with van der Waals surface area (Å²) in [7, 11) is 1.67. The number of rotatable bonds is 3. The first-order chi connectivity index (χ1) is 11.6. The molecule has 1 aliphatic rings. The zero-order valence-corrected chi connectivity index (χ0v) is 14.0. The van der Waals surface area contributed by atoms with Crippen LogP contribution in [0.4, 0.5) is 10.1 Å². The van der Waals surface area contributed by atoms with Crippen LogP contribution >= 0.6 is 0 Å². The molecule has 0 N–H and O–H groups in total. The van der Waals surface area contributed by atoms with Crippen molar-refractivity contribution in [1.29, 1.82) is 0 Å². The van der Waals surface area contributed by atoms with Crippen molar-refractivity contribution >= 4 is 11.6 Å². The fraction of sp³-hybridized carbons (Fsp3) is 0.316. The molecule has 0 saturated carbocycles. The Morgan fingerprint density at radius 2 is 1.71 bits per heavy atom. The summed E-state index contributed by atoms with van der Waals surface area (Å²) in [6.45, 7) is 4.80. The third kappa shape index (κ3) is 3.35. The van der Waals surface area contributed by atoms with E-state index in [0.29, 0.717) is 18.7 Å². The Kier molecular flexibility index (Phi) is 4.69. The van der Waals surface area contributed by atoms with Crippen LogP contribution < -0.4 is 9.64 Å². The number of benzene rings is 2. The number of amides is 1. The van der Waals surface area contributed by atoms with E-state index in [9.17, 15) is 9.18 Å². The third-order valence-electron chi connectivity index (χ3n) is 4.33. The average molecular weight is 328 g/mol. The molecule has 0 aliphatic carbocycles. The van der Waals surface area contributed by atoms with Crippen molar-refractivity contribution < 1.29 is 13.9 Å². The van der Waals surface area contributed by atoms with Crippen molar-refractivity contribution in [2.75, 3.05) is 38.2 Å². The summed E-state index contributed by atoms with van der Waals surface area (Å²) >= 11 is 0. The largest absolute Gasteiger partial charge is 0.495 e. The number of ether oxygens (including phenoxy) is 1. The highest BCUT2D eigenvalue weighted by molar-refractivity contribution is 5.94. The lowest BCUT2D eigenvalue weighted by Crippen LogP contribution is -2.48. The van der Waals surface area contributed by atoms with E-state index in [-0.39, 0.29) is 11.7 Å². The first-order valence-electron chi connectivity index (χ1n) is 8.03. The number of carbonyl (C=O) groups excluding carboxylic acids is 1. The number of hydrogen-bond acceptors (Lipinski definition) is 3. The Hall–Kier alpha value is -2.56. The van der Waals surface area contributed by atoms with Crippen LogP contribution in [0.3, 0.4) is 0 Å². The molecule has 0 atom stereocenters. The van der Waals surface area contributed by atoms with Gasteiger partial charge in [0.15, 0.2) is 0 Å². The average Bonchev–Trinajstić information content (AvgIpc) is 2.62. The standard InChI is InChI=1S/C19H21FN2O2/c1-14-3-8-18(24-2)17(13-14)21-9-11-22(12-10-21)19(23)15-4-6-16(20)7-5-15/h3-8,13H,9-12H2,1-2H3. The molecule has 1 amide bonds. The highest BCUT2D eigenvalue weighted by atomic mass is 19.1. The van der Waals surface area contributed by atoms with E-state index in [1.807, 2.05) is 17.0 Å². The molecule has 0 bridgehead atoms. The van der Waals surface area contributed by atoms with E-state index >= 15 is 0 Å². The molecule has 0 radical (unpaired) electrons. The van der Waals surface area contributed by atoms with Crippen molar-refractivity contribution in [1.82, 2.24) is 4.90 Å². The number of carbonyl (C=O) groups is 1. The summed E-state index contributed by atoms with van der Waals surface area (Å²) in [5.41, 5.74) is 2.76. The fourth-order valence-electron chi connectivity index (χ4n) is 2.97. The van der Waals surface area contributed by atoms with Crippen molar-refractivity contribution in [3.05, 3.63) is 59.4 Å². The normalized spacial score (nSPS) is 14.6. The van der Waals surface area contributed by atoms with Crippen LogP contribution in [0.1, 0.15) is 15.9 Å². The molecule has 2 aromatic carbocycles. The van der Waals surface area contributed by atoms with Gasteiger partial charge in [-0.05, 0) is 48.9 Å². The predicted molar refractivity (Wildman–Crippen MR) is 92.2 cm³/mol. The lowest BCUT2D eigenvalue weighted by atomic mass is 10.1. The summed E-state index contributed by atoms with van der Waals surface area (Å²) in [5, 5.41) is 0. The fourth-order valence-corrected chi connectivity index (χ4v) is 2.97.